The fourth-order valence-corrected chi connectivity index (χ4v) is 3.03. The van der Waals surface area contributed by atoms with Crippen LogP contribution in [0.5, 0.6) is 0 Å². The third-order valence-corrected chi connectivity index (χ3v) is 4.45. The Morgan fingerprint density at radius 1 is 0.815 bits per heavy atom. The van der Waals surface area contributed by atoms with E-state index in [1.54, 1.807) is 0 Å². The Bertz CT molecular complexity index is 938. The topological polar surface area (TPSA) is 12.4 Å². The molecule has 136 valence electrons. The van der Waals surface area contributed by atoms with Crippen molar-refractivity contribution in [1.29, 1.82) is 0 Å². The zero-order chi connectivity index (χ0) is 19.2. The molecule has 0 unspecified atom stereocenters. The van der Waals surface area contributed by atoms with E-state index < -0.39 is 11.6 Å². The molecule has 0 amide bonds. The second kappa shape index (κ2) is 8.78. The van der Waals surface area contributed by atoms with E-state index in [0.717, 1.165) is 29.5 Å². The fourth-order valence-electron chi connectivity index (χ4n) is 2.97. The Balaban J connectivity index is 1.87. The molecule has 0 aliphatic heterocycles. The van der Waals surface area contributed by atoms with Crippen LogP contribution in [0.1, 0.15) is 18.9 Å². The first-order chi connectivity index (χ1) is 13.1. The normalized spacial score (nSPS) is 11.1. The van der Waals surface area contributed by atoms with Gasteiger partial charge in [-0.2, -0.15) is 0 Å². The molecule has 0 heterocycles. The maximum atomic E-state index is 14.2. The van der Waals surface area contributed by atoms with Crippen LogP contribution >= 0.6 is 12.2 Å². The average molecular weight is 379 g/mol. The van der Waals surface area contributed by atoms with E-state index in [-0.39, 0.29) is 5.69 Å². The molecule has 0 aliphatic rings. The van der Waals surface area contributed by atoms with E-state index in [9.17, 15) is 8.78 Å². The standard InChI is InChI=1S/C23H19F2NS/c1-2-3-16-4-6-17(7-5-16)18-8-10-19(11-9-18)20-14-21(24)23(22(25)15-20)26-12-13-27/h4-15H,2-3H2,1H3. The molecule has 0 spiro atoms. The van der Waals surface area contributed by atoms with Crippen molar-refractivity contribution in [2.24, 2.45) is 4.99 Å². The fraction of sp³-hybridized carbons (Fsp3) is 0.130. The van der Waals surface area contributed by atoms with Crippen LogP contribution in [0.4, 0.5) is 14.5 Å². The first-order valence-electron chi connectivity index (χ1n) is 8.79. The number of rotatable bonds is 6. The van der Waals surface area contributed by atoms with Gasteiger partial charge < -0.3 is 0 Å². The van der Waals surface area contributed by atoms with E-state index in [1.807, 2.05) is 24.3 Å². The molecule has 0 bridgehead atoms. The van der Waals surface area contributed by atoms with Crippen LogP contribution < -0.4 is 0 Å². The van der Waals surface area contributed by atoms with E-state index in [1.165, 1.54) is 29.3 Å². The smallest absolute Gasteiger partial charge is 0.152 e. The predicted molar refractivity (Wildman–Crippen MR) is 113 cm³/mol. The van der Waals surface area contributed by atoms with E-state index >= 15 is 0 Å². The van der Waals surface area contributed by atoms with Gasteiger partial charge in [-0.05, 0) is 46.4 Å². The van der Waals surface area contributed by atoms with Crippen molar-refractivity contribution in [2.45, 2.75) is 19.8 Å². The zero-order valence-electron chi connectivity index (χ0n) is 15.0. The number of nitrogens with zero attached hydrogens (tertiary/aromatic N) is 1. The van der Waals surface area contributed by atoms with E-state index in [0.29, 0.717) is 5.56 Å². The van der Waals surface area contributed by atoms with Crippen LogP contribution in [-0.4, -0.2) is 11.6 Å². The lowest BCUT2D eigenvalue weighted by Crippen LogP contribution is -1.88. The summed E-state index contributed by atoms with van der Waals surface area (Å²) in [5, 5.41) is 1.21. The van der Waals surface area contributed by atoms with Crippen molar-refractivity contribution >= 4 is 29.5 Å². The summed E-state index contributed by atoms with van der Waals surface area (Å²) in [5.41, 5.74) is 4.37. The van der Waals surface area contributed by atoms with E-state index in [4.69, 9.17) is 0 Å². The quantitative estimate of drug-likeness (QED) is 0.333. The predicted octanol–water partition coefficient (Wildman–Crippen LogP) is 6.95. The number of hydrogen-bond donors (Lipinski definition) is 0. The summed E-state index contributed by atoms with van der Waals surface area (Å²) in [6, 6.07) is 18.7. The van der Waals surface area contributed by atoms with E-state index in [2.05, 4.69) is 48.4 Å². The second-order valence-electron chi connectivity index (χ2n) is 6.23. The Labute approximate surface area is 163 Å². The number of thiocarbonyl (C=S) groups is 1. The number of halogens is 2. The molecule has 1 nitrogen and oxygen atoms in total. The minimum Gasteiger partial charge on any atom is -0.250 e. The molecule has 0 saturated carbocycles. The van der Waals surface area contributed by atoms with Gasteiger partial charge in [0.2, 0.25) is 0 Å². The van der Waals surface area contributed by atoms with Crippen LogP contribution in [0, 0.1) is 11.6 Å². The lowest BCUT2D eigenvalue weighted by Gasteiger charge is -2.08. The lowest BCUT2D eigenvalue weighted by molar-refractivity contribution is 0.588. The lowest BCUT2D eigenvalue weighted by atomic mass is 9.98. The number of hydrogen-bond acceptors (Lipinski definition) is 2. The van der Waals surface area contributed by atoms with Gasteiger partial charge in [-0.15, -0.1) is 0 Å². The minimum atomic E-state index is -0.714. The molecule has 3 aromatic rings. The van der Waals surface area contributed by atoms with Gasteiger partial charge >= 0.3 is 0 Å². The van der Waals surface area contributed by atoms with Crippen molar-refractivity contribution in [3.8, 4) is 22.3 Å². The number of benzene rings is 3. The van der Waals surface area contributed by atoms with Gasteiger partial charge in [0, 0.05) is 11.6 Å². The molecule has 0 atom stereocenters. The molecule has 3 rings (SSSR count). The molecule has 0 fully saturated rings. The summed E-state index contributed by atoms with van der Waals surface area (Å²) in [5.74, 6) is -1.43. The summed E-state index contributed by atoms with van der Waals surface area (Å²) in [7, 11) is 0. The first kappa shape index (κ1) is 19.1. The van der Waals surface area contributed by atoms with Crippen LogP contribution in [-0.2, 0) is 6.42 Å². The van der Waals surface area contributed by atoms with Gasteiger partial charge in [-0.25, -0.2) is 13.8 Å². The minimum absolute atomic E-state index is 0.330. The third-order valence-electron chi connectivity index (χ3n) is 4.33. The second-order valence-corrected chi connectivity index (χ2v) is 6.50. The molecule has 0 saturated heterocycles. The third kappa shape index (κ3) is 4.52. The highest BCUT2D eigenvalue weighted by Gasteiger charge is 2.11. The number of aryl methyl sites for hydroxylation is 1. The highest BCUT2D eigenvalue weighted by atomic mass is 32.1. The Morgan fingerprint density at radius 3 is 1.78 bits per heavy atom. The SMILES string of the molecule is CCCc1ccc(-c2ccc(-c3cc(F)c(N=CC=S)c(F)c3)cc2)cc1. The molecule has 0 radical (unpaired) electrons. The summed E-state index contributed by atoms with van der Waals surface area (Å²) in [6.07, 6.45) is 3.38. The van der Waals surface area contributed by atoms with Crippen molar-refractivity contribution < 1.29 is 8.78 Å². The summed E-state index contributed by atoms with van der Waals surface area (Å²) in [4.78, 5) is 3.70. The highest BCUT2D eigenvalue weighted by molar-refractivity contribution is 7.80. The summed E-state index contributed by atoms with van der Waals surface area (Å²) in [6.45, 7) is 2.16. The van der Waals surface area contributed by atoms with Gasteiger partial charge in [-0.1, -0.05) is 74.1 Å². The average Bonchev–Trinajstić information content (AvgIpc) is 2.68. The molecule has 4 heteroatoms. The molecular formula is C23H19F2NS. The van der Waals surface area contributed by atoms with Crippen molar-refractivity contribution in [1.82, 2.24) is 0 Å². The molecule has 0 aromatic heterocycles. The number of aliphatic imine (C=N–C) groups is 1. The molecule has 0 N–H and O–H groups in total. The van der Waals surface area contributed by atoms with Gasteiger partial charge in [0.25, 0.3) is 0 Å². The summed E-state index contributed by atoms with van der Waals surface area (Å²) >= 11 is 4.59. The largest absolute Gasteiger partial charge is 0.250 e. The van der Waals surface area contributed by atoms with Crippen molar-refractivity contribution in [3.05, 3.63) is 77.9 Å². The monoisotopic (exact) mass is 379 g/mol. The Hall–Kier alpha value is -2.72. The Morgan fingerprint density at radius 2 is 1.30 bits per heavy atom. The maximum Gasteiger partial charge on any atom is 0.152 e. The summed E-state index contributed by atoms with van der Waals surface area (Å²) < 4.78 is 28.3. The first-order valence-corrected chi connectivity index (χ1v) is 9.26. The molecule has 3 aromatic carbocycles. The zero-order valence-corrected chi connectivity index (χ0v) is 15.8. The van der Waals surface area contributed by atoms with Crippen molar-refractivity contribution in [3.63, 3.8) is 0 Å². The van der Waals surface area contributed by atoms with Crippen LogP contribution in [0.25, 0.3) is 22.3 Å². The molecule has 27 heavy (non-hydrogen) atoms. The van der Waals surface area contributed by atoms with Gasteiger partial charge in [0.05, 0.1) is 0 Å². The molecule has 0 aliphatic carbocycles. The van der Waals surface area contributed by atoms with Crippen molar-refractivity contribution in [2.75, 3.05) is 0 Å². The maximum absolute atomic E-state index is 14.2. The highest BCUT2D eigenvalue weighted by Crippen LogP contribution is 2.30. The van der Waals surface area contributed by atoms with Gasteiger partial charge in [0.15, 0.2) is 11.6 Å². The molecular weight excluding hydrogens is 360 g/mol. The van der Waals surface area contributed by atoms with Crippen LogP contribution in [0.3, 0.4) is 0 Å². The Kier molecular flexibility index (Phi) is 6.20. The van der Waals surface area contributed by atoms with Crippen LogP contribution in [0.2, 0.25) is 0 Å². The van der Waals surface area contributed by atoms with Gasteiger partial charge in [-0.3, -0.25) is 0 Å². The van der Waals surface area contributed by atoms with Gasteiger partial charge in [0.1, 0.15) is 5.69 Å². The van der Waals surface area contributed by atoms with Crippen LogP contribution in [0.15, 0.2) is 65.7 Å².